The molecule has 0 atom stereocenters. The van der Waals surface area contributed by atoms with Crippen LogP contribution in [0.15, 0.2) is 48.5 Å². The number of pyridine rings is 1. The van der Waals surface area contributed by atoms with Gasteiger partial charge in [0.05, 0.1) is 19.9 Å². The highest BCUT2D eigenvalue weighted by atomic mass is 16.5. The lowest BCUT2D eigenvalue weighted by molar-refractivity contribution is 0.354. The number of aromatic nitrogens is 1. The van der Waals surface area contributed by atoms with E-state index in [1.807, 2.05) is 48.6 Å². The Bertz CT molecular complexity index is 872. The number of nitrogens with zero attached hydrogens (tertiary/aromatic N) is 1. The molecule has 3 aromatic rings. The predicted octanol–water partition coefficient (Wildman–Crippen LogP) is 4.13. The second kappa shape index (κ2) is 6.40. The molecule has 2 aromatic carbocycles. The lowest BCUT2D eigenvalue weighted by Gasteiger charge is -2.09. The Morgan fingerprint density at radius 3 is 2.52 bits per heavy atom. The van der Waals surface area contributed by atoms with Crippen LogP contribution in [0.5, 0.6) is 17.2 Å². The second-order valence-corrected chi connectivity index (χ2v) is 5.00. The first-order valence-corrected chi connectivity index (χ1v) is 7.20. The van der Waals surface area contributed by atoms with Crippen molar-refractivity contribution < 1.29 is 14.6 Å². The Kier molecular flexibility index (Phi) is 4.15. The fourth-order valence-electron chi connectivity index (χ4n) is 2.46. The van der Waals surface area contributed by atoms with Crippen LogP contribution in [0.1, 0.15) is 11.3 Å². The number of ether oxygens (including phenoxy) is 2. The number of rotatable bonds is 4. The lowest BCUT2D eigenvalue weighted by atomic mass is 10.1. The van der Waals surface area contributed by atoms with E-state index in [2.05, 4.69) is 4.98 Å². The Morgan fingerprint density at radius 1 is 0.913 bits per heavy atom. The highest BCUT2D eigenvalue weighted by Crippen LogP contribution is 2.32. The highest BCUT2D eigenvalue weighted by molar-refractivity contribution is 5.86. The fourth-order valence-corrected chi connectivity index (χ4v) is 2.46. The van der Waals surface area contributed by atoms with E-state index in [4.69, 9.17) is 9.47 Å². The molecule has 4 nitrogen and oxygen atoms in total. The zero-order valence-corrected chi connectivity index (χ0v) is 13.0. The maximum absolute atomic E-state index is 9.91. The van der Waals surface area contributed by atoms with Gasteiger partial charge in [-0.3, -0.25) is 0 Å². The molecule has 3 rings (SSSR count). The van der Waals surface area contributed by atoms with E-state index in [1.54, 1.807) is 26.4 Å². The molecule has 1 aromatic heterocycles. The summed E-state index contributed by atoms with van der Waals surface area (Å²) in [6.45, 7) is 0. The van der Waals surface area contributed by atoms with E-state index >= 15 is 0 Å². The maximum Gasteiger partial charge on any atom is 0.167 e. The first-order valence-electron chi connectivity index (χ1n) is 7.20. The van der Waals surface area contributed by atoms with Crippen molar-refractivity contribution in [2.24, 2.45) is 0 Å². The van der Waals surface area contributed by atoms with Crippen LogP contribution in [0.25, 0.3) is 23.1 Å². The molecule has 116 valence electrons. The molecule has 0 radical (unpaired) electrons. The van der Waals surface area contributed by atoms with Crippen molar-refractivity contribution in [3.8, 4) is 17.2 Å². The van der Waals surface area contributed by atoms with E-state index in [-0.39, 0.29) is 5.75 Å². The number of phenols is 1. The quantitative estimate of drug-likeness (QED) is 0.787. The van der Waals surface area contributed by atoms with Crippen LogP contribution < -0.4 is 9.47 Å². The summed E-state index contributed by atoms with van der Waals surface area (Å²) in [6, 6.07) is 14.9. The molecule has 23 heavy (non-hydrogen) atoms. The number of aromatic hydroxyl groups is 1. The van der Waals surface area contributed by atoms with Crippen molar-refractivity contribution in [3.05, 3.63) is 59.8 Å². The first-order chi connectivity index (χ1) is 11.2. The average Bonchev–Trinajstić information content (AvgIpc) is 2.60. The van der Waals surface area contributed by atoms with Crippen LogP contribution in [-0.4, -0.2) is 24.3 Å². The molecule has 0 aliphatic carbocycles. The van der Waals surface area contributed by atoms with Crippen molar-refractivity contribution in [2.45, 2.75) is 0 Å². The van der Waals surface area contributed by atoms with E-state index < -0.39 is 0 Å². The molecule has 0 spiro atoms. The number of hydrogen-bond donors (Lipinski definition) is 1. The summed E-state index contributed by atoms with van der Waals surface area (Å²) < 4.78 is 10.7. The average molecular weight is 307 g/mol. The normalized spacial score (nSPS) is 11.0. The minimum absolute atomic E-state index is 0.178. The van der Waals surface area contributed by atoms with Gasteiger partial charge in [-0.1, -0.05) is 30.3 Å². The van der Waals surface area contributed by atoms with Gasteiger partial charge in [-0.15, -0.1) is 0 Å². The molecule has 0 amide bonds. The summed E-state index contributed by atoms with van der Waals surface area (Å²) >= 11 is 0. The molecule has 0 fully saturated rings. The number of benzene rings is 2. The topological polar surface area (TPSA) is 51.6 Å². The Balaban J connectivity index is 1.99. The molecule has 0 aliphatic rings. The molecule has 4 heteroatoms. The van der Waals surface area contributed by atoms with Gasteiger partial charge in [0, 0.05) is 10.9 Å². The number of fused-ring (bicyclic) bond motifs is 1. The van der Waals surface area contributed by atoms with Gasteiger partial charge in [0.15, 0.2) is 11.5 Å². The van der Waals surface area contributed by atoms with Gasteiger partial charge in [-0.05, 0) is 30.4 Å². The molecular weight excluding hydrogens is 290 g/mol. The number of para-hydroxylation sites is 2. The zero-order chi connectivity index (χ0) is 16.2. The summed E-state index contributed by atoms with van der Waals surface area (Å²) in [6.07, 6.45) is 3.79. The van der Waals surface area contributed by atoms with Gasteiger partial charge in [-0.2, -0.15) is 0 Å². The molecule has 0 saturated heterocycles. The molecule has 1 heterocycles. The van der Waals surface area contributed by atoms with Gasteiger partial charge >= 0.3 is 0 Å². The SMILES string of the molecule is COc1cccc(/C=C/c2ccc3cccc(O)c3n2)c1OC. The standard InChI is InChI=1S/C19H17NO3/c1-22-17-8-4-6-14(19(17)23-2)10-12-15-11-9-13-5-3-7-16(21)18(13)20-15/h3-12,21H,1-2H3/b12-10+. The first kappa shape index (κ1) is 14.9. The van der Waals surface area contributed by atoms with Crippen LogP contribution in [0.2, 0.25) is 0 Å². The van der Waals surface area contributed by atoms with Crippen LogP contribution in [-0.2, 0) is 0 Å². The van der Waals surface area contributed by atoms with E-state index in [0.29, 0.717) is 17.0 Å². The summed E-state index contributed by atoms with van der Waals surface area (Å²) in [5, 5.41) is 10.8. The lowest BCUT2D eigenvalue weighted by Crippen LogP contribution is -1.92. The van der Waals surface area contributed by atoms with E-state index in [9.17, 15) is 5.11 Å². The van der Waals surface area contributed by atoms with Gasteiger partial charge in [0.1, 0.15) is 11.3 Å². The summed E-state index contributed by atoms with van der Waals surface area (Å²) in [5.41, 5.74) is 2.24. The number of methoxy groups -OCH3 is 2. The largest absolute Gasteiger partial charge is 0.506 e. The Hall–Kier alpha value is -3.01. The minimum atomic E-state index is 0.178. The van der Waals surface area contributed by atoms with Crippen molar-refractivity contribution >= 4 is 23.1 Å². The van der Waals surface area contributed by atoms with Crippen LogP contribution >= 0.6 is 0 Å². The van der Waals surface area contributed by atoms with Crippen molar-refractivity contribution in [1.82, 2.24) is 4.98 Å². The second-order valence-electron chi connectivity index (χ2n) is 5.00. The van der Waals surface area contributed by atoms with Crippen molar-refractivity contribution in [1.29, 1.82) is 0 Å². The minimum Gasteiger partial charge on any atom is -0.506 e. The van der Waals surface area contributed by atoms with Crippen LogP contribution in [0.4, 0.5) is 0 Å². The molecule has 0 aliphatic heterocycles. The smallest absolute Gasteiger partial charge is 0.167 e. The predicted molar refractivity (Wildman–Crippen MR) is 91.9 cm³/mol. The van der Waals surface area contributed by atoms with Crippen LogP contribution in [0.3, 0.4) is 0 Å². The molecule has 0 saturated carbocycles. The summed E-state index contributed by atoms with van der Waals surface area (Å²) in [7, 11) is 3.22. The fraction of sp³-hybridized carbons (Fsp3) is 0.105. The van der Waals surface area contributed by atoms with E-state index in [1.165, 1.54) is 0 Å². The van der Waals surface area contributed by atoms with Gasteiger partial charge in [-0.25, -0.2) is 4.98 Å². The third-order valence-electron chi connectivity index (χ3n) is 3.59. The van der Waals surface area contributed by atoms with Gasteiger partial charge in [0.2, 0.25) is 0 Å². The Labute approximate surface area is 134 Å². The van der Waals surface area contributed by atoms with Crippen molar-refractivity contribution in [3.63, 3.8) is 0 Å². The molecule has 0 bridgehead atoms. The number of hydrogen-bond acceptors (Lipinski definition) is 4. The van der Waals surface area contributed by atoms with Crippen LogP contribution in [0, 0.1) is 0 Å². The van der Waals surface area contributed by atoms with E-state index in [0.717, 1.165) is 16.6 Å². The molecular formula is C19H17NO3. The van der Waals surface area contributed by atoms with Crippen molar-refractivity contribution in [2.75, 3.05) is 14.2 Å². The third-order valence-corrected chi connectivity index (χ3v) is 3.59. The Morgan fingerprint density at radius 2 is 1.74 bits per heavy atom. The summed E-state index contributed by atoms with van der Waals surface area (Å²) in [4.78, 5) is 4.48. The molecule has 1 N–H and O–H groups in total. The zero-order valence-electron chi connectivity index (χ0n) is 13.0. The molecule has 0 unspecified atom stereocenters. The monoisotopic (exact) mass is 307 g/mol. The number of phenolic OH excluding ortho intramolecular Hbond substituents is 1. The maximum atomic E-state index is 9.91. The van der Waals surface area contributed by atoms with Gasteiger partial charge < -0.3 is 14.6 Å². The third kappa shape index (κ3) is 2.97. The van der Waals surface area contributed by atoms with Gasteiger partial charge in [0.25, 0.3) is 0 Å². The summed E-state index contributed by atoms with van der Waals surface area (Å²) in [5.74, 6) is 1.53. The highest BCUT2D eigenvalue weighted by Gasteiger charge is 2.07.